The number of hydrogen-bond acceptors (Lipinski definition) is 7. The summed E-state index contributed by atoms with van der Waals surface area (Å²) in [6, 6.07) is 24.1. The smallest absolute Gasteiger partial charge is 0.261 e. The minimum atomic E-state index is -3.68. The third kappa shape index (κ3) is 7.05. The maximum atomic E-state index is 12.8. The fourth-order valence-electron chi connectivity index (χ4n) is 6.42. The number of nitrogens with one attached hydrogen (secondary N) is 1. The summed E-state index contributed by atoms with van der Waals surface area (Å²) in [4.78, 5) is 5.44. The molecule has 4 atom stereocenters. The number of likely N-dealkylation sites (tertiary alicyclic amines) is 2. The Labute approximate surface area is 249 Å². The maximum Gasteiger partial charge on any atom is 0.261 e. The zero-order valence-electron chi connectivity index (χ0n) is 24.0. The van der Waals surface area contributed by atoms with Crippen LogP contribution in [0.2, 0.25) is 0 Å². The molecule has 0 amide bonds. The molecule has 3 aliphatic rings. The Morgan fingerprint density at radius 1 is 0.810 bits per heavy atom. The lowest BCUT2D eigenvalue weighted by molar-refractivity contribution is -0.253. The van der Waals surface area contributed by atoms with Gasteiger partial charge in [-0.3, -0.25) is 9.62 Å². The number of nitrogens with zero attached hydrogens (tertiary/aromatic N) is 2. The van der Waals surface area contributed by atoms with E-state index in [1.165, 1.54) is 38.8 Å². The highest BCUT2D eigenvalue weighted by Crippen LogP contribution is 2.39. The lowest BCUT2D eigenvalue weighted by Crippen LogP contribution is -2.45. The predicted octanol–water partition coefficient (Wildman–Crippen LogP) is 5.09. The summed E-state index contributed by atoms with van der Waals surface area (Å²) in [7, 11) is -3.68. The van der Waals surface area contributed by atoms with Crippen LogP contribution in [-0.4, -0.2) is 68.2 Å². The monoisotopic (exact) mass is 591 g/mol. The topological polar surface area (TPSA) is 91.3 Å². The van der Waals surface area contributed by atoms with Gasteiger partial charge in [0.2, 0.25) is 0 Å². The molecule has 224 valence electrons. The highest BCUT2D eigenvalue weighted by Gasteiger charge is 2.36. The zero-order chi connectivity index (χ0) is 28.9. The number of ether oxygens (including phenoxy) is 2. The molecule has 42 heavy (non-hydrogen) atoms. The lowest BCUT2D eigenvalue weighted by atomic mass is 9.99. The van der Waals surface area contributed by atoms with Crippen LogP contribution in [0.25, 0.3) is 0 Å². The molecule has 3 aromatic carbocycles. The van der Waals surface area contributed by atoms with Crippen LogP contribution in [-0.2, 0) is 26.1 Å². The summed E-state index contributed by atoms with van der Waals surface area (Å²) >= 11 is 0. The van der Waals surface area contributed by atoms with E-state index in [2.05, 4.69) is 14.5 Å². The number of anilines is 1. The van der Waals surface area contributed by atoms with Crippen LogP contribution in [0.15, 0.2) is 83.8 Å². The first kappa shape index (κ1) is 29.3. The van der Waals surface area contributed by atoms with Gasteiger partial charge < -0.3 is 19.5 Å². The van der Waals surface area contributed by atoms with E-state index in [0.717, 1.165) is 42.7 Å². The van der Waals surface area contributed by atoms with Crippen molar-refractivity contribution in [3.63, 3.8) is 0 Å². The van der Waals surface area contributed by atoms with Crippen LogP contribution in [0.1, 0.15) is 61.2 Å². The second-order valence-corrected chi connectivity index (χ2v) is 13.4. The summed E-state index contributed by atoms with van der Waals surface area (Å²) in [5, 5.41) is 9.51. The minimum absolute atomic E-state index is 0.00784. The van der Waals surface area contributed by atoms with Gasteiger partial charge in [0.25, 0.3) is 10.0 Å². The van der Waals surface area contributed by atoms with Gasteiger partial charge in [-0.05, 0) is 80.7 Å². The fourth-order valence-corrected chi connectivity index (χ4v) is 7.50. The van der Waals surface area contributed by atoms with Crippen molar-refractivity contribution in [2.75, 3.05) is 37.4 Å². The Morgan fingerprint density at radius 2 is 1.52 bits per heavy atom. The second kappa shape index (κ2) is 13.2. The number of rotatable bonds is 10. The standard InChI is InChI=1S/C33H41N3O5S/c37-24-25-10-12-26(13-11-25)32-21-30(23-36-20-6-7-29(36)22-35-18-4-5-19-35)40-33(41-32)27-14-16-28(17-15-27)34-42(38,39)31-8-2-1-3-9-31/h1-3,8-17,29-30,32-34,37H,4-7,18-24H2/t29-,30+,32-,33-/m0/s1. The van der Waals surface area contributed by atoms with E-state index in [1.54, 1.807) is 42.5 Å². The molecule has 0 radical (unpaired) electrons. The van der Waals surface area contributed by atoms with Crippen molar-refractivity contribution in [3.05, 3.63) is 95.6 Å². The normalized spacial score (nSPS) is 25.5. The number of aliphatic hydroxyl groups excluding tert-OH is 1. The summed E-state index contributed by atoms with van der Waals surface area (Å²) < 4.78 is 41.4. The molecular formula is C33H41N3O5S. The molecule has 3 aliphatic heterocycles. The molecule has 6 rings (SSSR count). The van der Waals surface area contributed by atoms with Crippen LogP contribution in [0, 0.1) is 0 Å². The van der Waals surface area contributed by atoms with E-state index in [9.17, 15) is 13.5 Å². The largest absolute Gasteiger partial charge is 0.392 e. The van der Waals surface area contributed by atoms with Crippen LogP contribution in [0.3, 0.4) is 0 Å². The number of aliphatic hydroxyl groups is 1. The predicted molar refractivity (Wildman–Crippen MR) is 162 cm³/mol. The van der Waals surface area contributed by atoms with Gasteiger partial charge in [-0.2, -0.15) is 0 Å². The lowest BCUT2D eigenvalue weighted by Gasteiger charge is -2.39. The first-order chi connectivity index (χ1) is 20.5. The Morgan fingerprint density at radius 3 is 2.24 bits per heavy atom. The van der Waals surface area contributed by atoms with E-state index in [-0.39, 0.29) is 23.7 Å². The molecule has 0 aliphatic carbocycles. The quantitative estimate of drug-likeness (QED) is 0.340. The van der Waals surface area contributed by atoms with Crippen molar-refractivity contribution >= 4 is 15.7 Å². The average Bonchev–Trinajstić information content (AvgIpc) is 3.70. The van der Waals surface area contributed by atoms with Crippen LogP contribution < -0.4 is 4.72 Å². The van der Waals surface area contributed by atoms with E-state index in [1.807, 2.05) is 36.4 Å². The van der Waals surface area contributed by atoms with Crippen molar-refractivity contribution in [2.45, 2.75) is 68.1 Å². The van der Waals surface area contributed by atoms with E-state index < -0.39 is 16.3 Å². The van der Waals surface area contributed by atoms with Crippen molar-refractivity contribution in [3.8, 4) is 0 Å². The van der Waals surface area contributed by atoms with Crippen molar-refractivity contribution < 1.29 is 23.0 Å². The Bertz CT molecular complexity index is 1400. The van der Waals surface area contributed by atoms with Gasteiger partial charge in [-0.1, -0.05) is 54.6 Å². The molecule has 0 bridgehead atoms. The summed E-state index contributed by atoms with van der Waals surface area (Å²) in [5.41, 5.74) is 3.25. The summed E-state index contributed by atoms with van der Waals surface area (Å²) in [6.45, 7) is 5.52. The first-order valence-corrected chi connectivity index (χ1v) is 16.6. The Balaban J connectivity index is 1.18. The van der Waals surface area contributed by atoms with Crippen molar-refractivity contribution in [2.24, 2.45) is 0 Å². The molecule has 3 fully saturated rings. The highest BCUT2D eigenvalue weighted by molar-refractivity contribution is 7.92. The third-order valence-corrected chi connectivity index (χ3v) is 10.1. The Hall–Kier alpha value is -2.79. The molecule has 2 N–H and O–H groups in total. The van der Waals surface area contributed by atoms with Gasteiger partial charge in [0.05, 0.1) is 23.7 Å². The zero-order valence-corrected chi connectivity index (χ0v) is 24.8. The average molecular weight is 592 g/mol. The molecule has 0 aromatic heterocycles. The first-order valence-electron chi connectivity index (χ1n) is 15.1. The molecule has 8 nitrogen and oxygen atoms in total. The van der Waals surface area contributed by atoms with E-state index >= 15 is 0 Å². The van der Waals surface area contributed by atoms with E-state index in [4.69, 9.17) is 9.47 Å². The molecular weight excluding hydrogens is 550 g/mol. The van der Waals surface area contributed by atoms with Crippen LogP contribution in [0.5, 0.6) is 0 Å². The number of sulfonamides is 1. The molecule has 0 spiro atoms. The van der Waals surface area contributed by atoms with Crippen LogP contribution in [0.4, 0.5) is 5.69 Å². The number of hydrogen-bond donors (Lipinski definition) is 2. The van der Waals surface area contributed by atoms with Gasteiger partial charge in [0.1, 0.15) is 0 Å². The van der Waals surface area contributed by atoms with Gasteiger partial charge in [0.15, 0.2) is 6.29 Å². The molecule has 0 saturated carbocycles. The summed E-state index contributed by atoms with van der Waals surface area (Å²) in [6.07, 6.45) is 5.07. The SMILES string of the molecule is O=S(=O)(Nc1ccc([C@H]2O[C@@H](CN3CCC[C@H]3CN3CCCC3)C[C@@H](c3ccc(CO)cc3)O2)cc1)c1ccccc1. The van der Waals surface area contributed by atoms with Crippen molar-refractivity contribution in [1.29, 1.82) is 0 Å². The van der Waals surface area contributed by atoms with Gasteiger partial charge in [-0.25, -0.2) is 8.42 Å². The highest BCUT2D eigenvalue weighted by atomic mass is 32.2. The molecule has 9 heteroatoms. The third-order valence-electron chi connectivity index (χ3n) is 8.71. The maximum absolute atomic E-state index is 12.8. The van der Waals surface area contributed by atoms with Gasteiger partial charge >= 0.3 is 0 Å². The van der Waals surface area contributed by atoms with Gasteiger partial charge in [0, 0.05) is 36.8 Å². The van der Waals surface area contributed by atoms with E-state index in [0.29, 0.717) is 11.7 Å². The molecule has 0 unspecified atom stereocenters. The van der Waals surface area contributed by atoms with Gasteiger partial charge in [-0.15, -0.1) is 0 Å². The molecule has 3 aromatic rings. The molecule has 3 saturated heterocycles. The fraction of sp³-hybridized carbons (Fsp3) is 0.455. The molecule has 3 heterocycles. The van der Waals surface area contributed by atoms with Crippen LogP contribution >= 0.6 is 0 Å². The minimum Gasteiger partial charge on any atom is -0.392 e. The summed E-state index contributed by atoms with van der Waals surface area (Å²) in [5.74, 6) is 0. The second-order valence-electron chi connectivity index (χ2n) is 11.7. The number of benzene rings is 3. The Kier molecular flexibility index (Phi) is 9.23. The van der Waals surface area contributed by atoms with Crippen molar-refractivity contribution in [1.82, 2.24) is 9.80 Å².